The molecule has 0 bridgehead atoms. The predicted octanol–water partition coefficient (Wildman–Crippen LogP) is 0.841. The number of thiazole rings is 1. The second-order valence-electron chi connectivity index (χ2n) is 2.39. The van der Waals surface area contributed by atoms with Crippen LogP contribution < -0.4 is 16.6 Å². The van der Waals surface area contributed by atoms with E-state index in [9.17, 15) is 4.79 Å². The molecule has 1 aromatic carbocycles. The minimum Gasteiger partial charge on any atom is -0.302 e. The van der Waals surface area contributed by atoms with Crippen molar-refractivity contribution in [2.75, 3.05) is 0 Å². The molecule has 1 aromatic heterocycles. The molecule has 78 valence electrons. The first-order valence-corrected chi connectivity index (χ1v) is 4.48. The molecule has 4 N–H and O–H groups in total. The van der Waals surface area contributed by atoms with Gasteiger partial charge in [-0.2, -0.15) is 0 Å². The summed E-state index contributed by atoms with van der Waals surface area (Å²) in [5.41, 5.74) is 1.02. The van der Waals surface area contributed by atoms with E-state index in [0.717, 1.165) is 10.2 Å². The van der Waals surface area contributed by atoms with E-state index in [2.05, 4.69) is 11.7 Å². The number of aromatic nitrogens is 1. The first kappa shape index (κ1) is 13.1. The van der Waals surface area contributed by atoms with Crippen molar-refractivity contribution >= 4 is 34.0 Å². The molecule has 0 radical (unpaired) electrons. The number of hydrogen-bond donors (Lipinski definition) is 2. The van der Waals surface area contributed by atoms with Gasteiger partial charge in [0.1, 0.15) is 0 Å². The maximum absolute atomic E-state index is 11.1. The quantitative estimate of drug-likeness (QED) is 0.523. The maximum atomic E-state index is 11.1. The Bertz CT molecular complexity index is 451. The number of halogens is 1. The Kier molecular flexibility index (Phi) is 5.40. The van der Waals surface area contributed by atoms with E-state index in [1.54, 1.807) is 11.6 Å². The van der Waals surface area contributed by atoms with E-state index < -0.39 is 0 Å². The molecule has 4 nitrogen and oxygen atoms in total. The van der Waals surface area contributed by atoms with Crippen LogP contribution in [0.2, 0.25) is 0 Å². The summed E-state index contributed by atoms with van der Waals surface area (Å²) >= 11 is 1.29. The van der Waals surface area contributed by atoms with E-state index >= 15 is 0 Å². The summed E-state index contributed by atoms with van der Waals surface area (Å²) in [6.07, 6.45) is 0. The Labute approximate surface area is 91.5 Å². The molecule has 0 saturated heterocycles. The molecule has 0 amide bonds. The van der Waals surface area contributed by atoms with Gasteiger partial charge in [0.05, 0.1) is 10.2 Å². The highest BCUT2D eigenvalue weighted by atomic mass is 35.5. The molecule has 14 heavy (non-hydrogen) atoms. The average Bonchev–Trinajstić information content (AvgIpc) is 2.47. The van der Waals surface area contributed by atoms with E-state index in [4.69, 9.17) is 0 Å². The topological polar surface area (TPSA) is 74.0 Å². The molecule has 1 heterocycles. The maximum Gasteiger partial charge on any atom is 0.307 e. The van der Waals surface area contributed by atoms with Crippen molar-refractivity contribution in [3.05, 3.63) is 33.9 Å². The predicted molar refractivity (Wildman–Crippen MR) is 62.7 cm³/mol. The summed E-state index contributed by atoms with van der Waals surface area (Å²) in [5.74, 6) is 8.00. The van der Waals surface area contributed by atoms with Crippen LogP contribution in [-0.2, 0) is 7.05 Å². The van der Waals surface area contributed by atoms with Gasteiger partial charge in [-0.3, -0.25) is 16.5 Å². The highest BCUT2D eigenvalue weighted by Crippen LogP contribution is 2.14. The average molecular weight is 234 g/mol. The van der Waals surface area contributed by atoms with Gasteiger partial charge in [-0.15, -0.1) is 12.4 Å². The third-order valence-corrected chi connectivity index (χ3v) is 2.71. The van der Waals surface area contributed by atoms with E-state index in [1.165, 1.54) is 11.3 Å². The van der Waals surface area contributed by atoms with Crippen LogP contribution in [0.4, 0.5) is 0 Å². The van der Waals surface area contributed by atoms with E-state index in [-0.39, 0.29) is 17.3 Å². The number of fused-ring (bicyclic) bond motifs is 1. The lowest BCUT2D eigenvalue weighted by atomic mass is 10.3. The second-order valence-corrected chi connectivity index (χ2v) is 3.39. The summed E-state index contributed by atoms with van der Waals surface area (Å²) in [7, 11) is 1.79. The lowest BCUT2D eigenvalue weighted by Gasteiger charge is -1.89. The normalized spacial score (nSPS) is 8.79. The van der Waals surface area contributed by atoms with Crippen LogP contribution in [0, 0.1) is 0 Å². The van der Waals surface area contributed by atoms with Gasteiger partial charge in [0.15, 0.2) is 0 Å². The number of nitrogens with zero attached hydrogens (tertiary/aromatic N) is 1. The van der Waals surface area contributed by atoms with Gasteiger partial charge < -0.3 is 4.57 Å². The molecular weight excluding hydrogens is 222 g/mol. The third kappa shape index (κ3) is 2.33. The first-order valence-electron chi connectivity index (χ1n) is 3.67. The van der Waals surface area contributed by atoms with Crippen LogP contribution in [0.1, 0.15) is 0 Å². The van der Waals surface area contributed by atoms with Crippen molar-refractivity contribution in [3.8, 4) is 0 Å². The van der Waals surface area contributed by atoms with Gasteiger partial charge in [-0.05, 0) is 12.1 Å². The minimum atomic E-state index is 0. The molecule has 2 aromatic rings. The van der Waals surface area contributed by atoms with Crippen molar-refractivity contribution in [1.29, 1.82) is 0 Å². The standard InChI is InChI=1S/C8H7NOS.ClH.H4N2/c1-9-6-4-2-3-5-7(6)11-8(9)10;;1-2/h2-5H,1H3;1H;1-2H2. The summed E-state index contributed by atoms with van der Waals surface area (Å²) in [6, 6.07) is 7.79. The molecule has 0 fully saturated rings. The van der Waals surface area contributed by atoms with Crippen molar-refractivity contribution in [2.45, 2.75) is 0 Å². The molecule has 0 atom stereocenters. The lowest BCUT2D eigenvalue weighted by Crippen LogP contribution is -2.06. The Morgan fingerprint density at radius 1 is 1.29 bits per heavy atom. The van der Waals surface area contributed by atoms with Crippen molar-refractivity contribution in [3.63, 3.8) is 0 Å². The van der Waals surface area contributed by atoms with Gasteiger partial charge in [0.2, 0.25) is 0 Å². The number of para-hydroxylation sites is 1. The largest absolute Gasteiger partial charge is 0.307 e. The second kappa shape index (κ2) is 5.77. The van der Waals surface area contributed by atoms with Crippen LogP contribution >= 0.6 is 23.7 Å². The van der Waals surface area contributed by atoms with Crippen LogP contribution in [0.5, 0.6) is 0 Å². The summed E-state index contributed by atoms with van der Waals surface area (Å²) in [4.78, 5) is 11.2. The van der Waals surface area contributed by atoms with E-state index in [0.29, 0.717) is 0 Å². The van der Waals surface area contributed by atoms with E-state index in [1.807, 2.05) is 24.3 Å². The Hall–Kier alpha value is -0.880. The van der Waals surface area contributed by atoms with Gasteiger partial charge in [-0.1, -0.05) is 23.5 Å². The molecular formula is C8H12ClN3OS. The molecule has 0 aliphatic carbocycles. The number of hydrogen-bond acceptors (Lipinski definition) is 4. The third-order valence-electron chi connectivity index (χ3n) is 1.70. The molecule has 0 saturated carbocycles. The Morgan fingerprint density at radius 3 is 2.43 bits per heavy atom. The zero-order valence-electron chi connectivity index (χ0n) is 7.64. The van der Waals surface area contributed by atoms with Crippen molar-refractivity contribution in [1.82, 2.24) is 4.57 Å². The number of aryl methyl sites for hydroxylation is 1. The summed E-state index contributed by atoms with van der Waals surface area (Å²) in [6.45, 7) is 0. The Balaban J connectivity index is 0.000000531. The summed E-state index contributed by atoms with van der Waals surface area (Å²) in [5, 5.41) is 0. The van der Waals surface area contributed by atoms with Crippen LogP contribution in [-0.4, -0.2) is 4.57 Å². The SMILES string of the molecule is Cl.Cn1c(=O)sc2ccccc21.NN. The number of nitrogens with two attached hydrogens (primary N) is 2. The zero-order chi connectivity index (χ0) is 9.84. The van der Waals surface area contributed by atoms with Crippen molar-refractivity contribution in [2.24, 2.45) is 18.7 Å². The fourth-order valence-electron chi connectivity index (χ4n) is 1.08. The highest BCUT2D eigenvalue weighted by molar-refractivity contribution is 7.16. The van der Waals surface area contributed by atoms with Gasteiger partial charge >= 0.3 is 4.87 Å². The van der Waals surface area contributed by atoms with Gasteiger partial charge in [0, 0.05) is 7.05 Å². The Morgan fingerprint density at radius 2 is 1.86 bits per heavy atom. The number of benzene rings is 1. The molecule has 0 spiro atoms. The lowest BCUT2D eigenvalue weighted by molar-refractivity contribution is 0.939. The molecule has 0 aliphatic heterocycles. The van der Waals surface area contributed by atoms with Crippen LogP contribution in [0.25, 0.3) is 10.2 Å². The number of hydrazine groups is 1. The number of rotatable bonds is 0. The van der Waals surface area contributed by atoms with Crippen molar-refractivity contribution < 1.29 is 0 Å². The molecule has 6 heteroatoms. The van der Waals surface area contributed by atoms with Crippen LogP contribution in [0.3, 0.4) is 0 Å². The zero-order valence-corrected chi connectivity index (χ0v) is 9.27. The fraction of sp³-hybridized carbons (Fsp3) is 0.125. The fourth-order valence-corrected chi connectivity index (χ4v) is 1.96. The molecule has 0 aliphatic rings. The van der Waals surface area contributed by atoms with Gasteiger partial charge in [-0.25, -0.2) is 0 Å². The first-order chi connectivity index (χ1) is 6.29. The molecule has 0 unspecified atom stereocenters. The van der Waals surface area contributed by atoms with Crippen LogP contribution in [0.15, 0.2) is 29.1 Å². The molecule has 2 rings (SSSR count). The monoisotopic (exact) mass is 233 g/mol. The summed E-state index contributed by atoms with van der Waals surface area (Å²) < 4.78 is 2.72. The smallest absolute Gasteiger partial charge is 0.302 e. The van der Waals surface area contributed by atoms with Gasteiger partial charge in [0.25, 0.3) is 0 Å². The minimum absolute atomic E-state index is 0. The highest BCUT2D eigenvalue weighted by Gasteiger charge is 2.00.